The van der Waals surface area contributed by atoms with Gasteiger partial charge in [0.25, 0.3) is 0 Å². The van der Waals surface area contributed by atoms with Crippen LogP contribution in [0, 0.1) is 0 Å². The highest BCUT2D eigenvalue weighted by molar-refractivity contribution is 5.63. The Labute approximate surface area is 640 Å². The Bertz CT molecular complexity index is 4020. The van der Waals surface area contributed by atoms with Crippen molar-refractivity contribution in [2.24, 2.45) is 0 Å². The van der Waals surface area contributed by atoms with E-state index in [4.69, 9.17) is 37.9 Å². The maximum Gasteiger partial charge on any atom is 0.126 e. The summed E-state index contributed by atoms with van der Waals surface area (Å²) in [7, 11) is 11.1. The molecule has 2 heterocycles. The standard InChI is InChI=1S/C98H130O8/c1-91(2,3)75-43-59-35-63-47-77(93(7,8)9)51-67(85(63)101-27)39-71-55-81(97(19,20)21)57-73-41-69-53-79(95(13,14)15)49-65(87(69)103-29)37-61-45-76(92(4,5)6)46-62(84(61)100-26)38-66-50-80(96(16,17)18)54-70(88(66)104-30)42-74-58-82(98(22,23)24)56-72(90(74)106-34-32-31-33-105-89(71)73)40-68-52-78(94(10,11)12)48-64(86(68)102-28)36-60(44-75)83(59)99-25/h43-58H,31-42H2,1-30H3. The van der Waals surface area contributed by atoms with Gasteiger partial charge in [-0.05, 0) is 190 Å². The highest BCUT2D eigenvalue weighted by Gasteiger charge is 2.33. The van der Waals surface area contributed by atoms with Crippen molar-refractivity contribution in [2.75, 3.05) is 55.9 Å². The first kappa shape index (κ1) is 80.7. The van der Waals surface area contributed by atoms with Gasteiger partial charge in [-0.2, -0.15) is 0 Å². The van der Waals surface area contributed by atoms with Crippen LogP contribution >= 0.6 is 0 Å². The molecular formula is C98H130O8. The number of hydrogen-bond donors (Lipinski definition) is 0. The van der Waals surface area contributed by atoms with E-state index in [2.05, 4.69) is 263 Å². The summed E-state index contributed by atoms with van der Waals surface area (Å²) in [6.45, 7) is 56.7. The fourth-order valence-corrected chi connectivity index (χ4v) is 15.7. The summed E-state index contributed by atoms with van der Waals surface area (Å²) in [5, 5.41) is 0. The van der Waals surface area contributed by atoms with Gasteiger partial charge in [0.15, 0.2) is 0 Å². The average molecular weight is 1440 g/mol. The molecule has 10 rings (SSSR count). The lowest BCUT2D eigenvalue weighted by atomic mass is 9.79. The van der Waals surface area contributed by atoms with Crippen molar-refractivity contribution in [3.8, 4) is 46.0 Å². The lowest BCUT2D eigenvalue weighted by Gasteiger charge is -2.28. The summed E-state index contributed by atoms with van der Waals surface area (Å²) in [6, 6.07) is 38.4. The molecule has 0 atom stereocenters. The Hall–Kier alpha value is -7.84. The lowest BCUT2D eigenvalue weighted by Crippen LogP contribution is -2.17. The van der Waals surface area contributed by atoms with Crippen LogP contribution < -0.4 is 37.9 Å². The van der Waals surface area contributed by atoms with Crippen LogP contribution in [0.15, 0.2) is 97.1 Å². The minimum absolute atomic E-state index is 0.202. The van der Waals surface area contributed by atoms with Crippen LogP contribution in [0.5, 0.6) is 46.0 Å². The molecule has 0 N–H and O–H groups in total. The molecule has 0 radical (unpaired) electrons. The predicted molar refractivity (Wildman–Crippen MR) is 443 cm³/mol. The Kier molecular flexibility index (Phi) is 23.1. The van der Waals surface area contributed by atoms with E-state index < -0.39 is 0 Å². The fraction of sp³-hybridized carbons (Fsp3) is 0.510. The second kappa shape index (κ2) is 30.3. The molecule has 570 valence electrons. The van der Waals surface area contributed by atoms with E-state index in [1.54, 1.807) is 0 Å². The number of hydrogen-bond acceptors (Lipinski definition) is 8. The molecule has 0 saturated carbocycles. The molecule has 0 spiro atoms. The summed E-state index contributed by atoms with van der Waals surface area (Å²) in [5.41, 5.74) is 25.9. The van der Waals surface area contributed by atoms with Gasteiger partial charge >= 0.3 is 0 Å². The van der Waals surface area contributed by atoms with Gasteiger partial charge in [-0.15, -0.1) is 0 Å². The summed E-state index contributed by atoms with van der Waals surface area (Å²) in [4.78, 5) is 0. The molecule has 0 fully saturated rings. The molecule has 2 aliphatic rings. The number of fused-ring (bicyclic) bond motifs is 17. The maximum absolute atomic E-state index is 7.60. The Morgan fingerprint density at radius 3 is 0.415 bits per heavy atom. The molecule has 14 bridgehead atoms. The Morgan fingerprint density at radius 1 is 0.189 bits per heavy atom. The molecule has 0 unspecified atom stereocenters. The molecule has 0 saturated heterocycles. The van der Waals surface area contributed by atoms with E-state index in [0.29, 0.717) is 64.6 Å². The number of ether oxygens (including phenoxy) is 8. The number of methoxy groups -OCH3 is 6. The van der Waals surface area contributed by atoms with E-state index in [1.807, 2.05) is 42.7 Å². The van der Waals surface area contributed by atoms with E-state index in [9.17, 15) is 0 Å². The third-order valence-corrected chi connectivity index (χ3v) is 22.2. The third-order valence-electron chi connectivity index (χ3n) is 22.2. The summed E-state index contributed by atoms with van der Waals surface area (Å²) >= 11 is 0. The van der Waals surface area contributed by atoms with E-state index >= 15 is 0 Å². The molecule has 2 aliphatic heterocycles. The average Bonchev–Trinajstić information content (AvgIpc) is 0.804. The van der Waals surface area contributed by atoms with Crippen molar-refractivity contribution < 1.29 is 37.9 Å². The van der Waals surface area contributed by atoms with Gasteiger partial charge in [-0.3, -0.25) is 0 Å². The molecule has 8 heteroatoms. The van der Waals surface area contributed by atoms with Crippen LogP contribution in [0.1, 0.15) is 313 Å². The number of benzene rings is 8. The second-order valence-corrected chi connectivity index (χ2v) is 39.0. The van der Waals surface area contributed by atoms with Gasteiger partial charge in [0.1, 0.15) is 46.0 Å². The smallest absolute Gasteiger partial charge is 0.126 e. The largest absolute Gasteiger partial charge is 0.496 e. The molecule has 106 heavy (non-hydrogen) atoms. The van der Waals surface area contributed by atoms with Crippen molar-refractivity contribution in [1.29, 1.82) is 0 Å². The van der Waals surface area contributed by atoms with Gasteiger partial charge in [0.05, 0.1) is 55.9 Å². The molecule has 8 aromatic carbocycles. The van der Waals surface area contributed by atoms with Crippen molar-refractivity contribution in [3.63, 3.8) is 0 Å². The second-order valence-electron chi connectivity index (χ2n) is 39.0. The first-order chi connectivity index (χ1) is 49.2. The van der Waals surface area contributed by atoms with E-state index in [0.717, 1.165) is 148 Å². The molecule has 8 aromatic rings. The number of rotatable bonds is 6. The van der Waals surface area contributed by atoms with Crippen LogP contribution in [0.25, 0.3) is 0 Å². The minimum atomic E-state index is -0.229. The minimum Gasteiger partial charge on any atom is -0.496 e. The van der Waals surface area contributed by atoms with Crippen molar-refractivity contribution in [1.82, 2.24) is 0 Å². The first-order valence-corrected chi connectivity index (χ1v) is 39.1. The molecular weight excluding hydrogens is 1310 g/mol. The monoisotopic (exact) mass is 1430 g/mol. The topological polar surface area (TPSA) is 73.8 Å². The Balaban J connectivity index is 1.37. The molecule has 8 nitrogen and oxygen atoms in total. The van der Waals surface area contributed by atoms with Gasteiger partial charge in [-0.1, -0.05) is 263 Å². The summed E-state index contributed by atoms with van der Waals surface area (Å²) in [6.07, 6.45) is 6.02. The Morgan fingerprint density at radius 2 is 0.302 bits per heavy atom. The molecule has 0 aromatic heterocycles. The van der Waals surface area contributed by atoms with Gasteiger partial charge in [-0.25, -0.2) is 0 Å². The van der Waals surface area contributed by atoms with Crippen molar-refractivity contribution in [2.45, 2.75) is 274 Å². The van der Waals surface area contributed by atoms with Crippen molar-refractivity contribution >= 4 is 0 Å². The van der Waals surface area contributed by atoms with Gasteiger partial charge in [0.2, 0.25) is 0 Å². The highest BCUT2D eigenvalue weighted by atomic mass is 16.5. The van der Waals surface area contributed by atoms with Gasteiger partial charge < -0.3 is 37.9 Å². The van der Waals surface area contributed by atoms with Crippen LogP contribution in [-0.2, 0) is 94.7 Å². The quantitative estimate of drug-likeness (QED) is 0.163. The van der Waals surface area contributed by atoms with Crippen LogP contribution in [0.4, 0.5) is 0 Å². The van der Waals surface area contributed by atoms with Crippen LogP contribution in [-0.4, -0.2) is 55.9 Å². The maximum atomic E-state index is 7.60. The zero-order chi connectivity index (χ0) is 77.9. The van der Waals surface area contributed by atoms with Crippen LogP contribution in [0.2, 0.25) is 0 Å². The zero-order valence-corrected chi connectivity index (χ0v) is 71.0. The SMILES string of the molecule is COc1c2cc(C(C)(C)C)cc1Cc1cc(C(C)(C)C)cc(c1OC)Cc1cc(C(C)(C)C)cc3c1OCCCCOc1c(cc(C(C)(C)C)cc1Cc1cc(C(C)(C)C)cc(c1OC)Cc1cc(C(C)(C)C)cc(c1OC)Cc1cc(C(C)(C)C)cc(c1OC)C3)Cc1cc(C(C)(C)C)cc(c1OC)C2. The highest BCUT2D eigenvalue weighted by Crippen LogP contribution is 2.48. The van der Waals surface area contributed by atoms with Gasteiger partial charge in [0, 0.05) is 51.4 Å². The normalized spacial score (nSPS) is 14.6. The van der Waals surface area contributed by atoms with Crippen LogP contribution in [0.3, 0.4) is 0 Å². The van der Waals surface area contributed by atoms with E-state index in [1.165, 1.54) is 44.5 Å². The first-order valence-electron chi connectivity index (χ1n) is 39.1. The molecule has 0 aliphatic carbocycles. The summed E-state index contributed by atoms with van der Waals surface area (Å²) < 4.78 is 56.2. The van der Waals surface area contributed by atoms with E-state index in [-0.39, 0.29) is 43.3 Å². The predicted octanol–water partition coefficient (Wildman–Crippen LogP) is 23.7. The summed E-state index contributed by atoms with van der Waals surface area (Å²) in [5.74, 6) is 7.01. The molecule has 0 amide bonds. The lowest BCUT2D eigenvalue weighted by molar-refractivity contribution is 0.261. The fourth-order valence-electron chi connectivity index (χ4n) is 15.7. The van der Waals surface area contributed by atoms with Crippen molar-refractivity contribution in [3.05, 3.63) is 231 Å². The third kappa shape index (κ3) is 17.8. The zero-order valence-electron chi connectivity index (χ0n) is 71.0.